The molecule has 6 heteroatoms. The summed E-state index contributed by atoms with van der Waals surface area (Å²) in [5.41, 5.74) is 0.0803. The van der Waals surface area contributed by atoms with E-state index in [0.717, 1.165) is 5.75 Å². The minimum Gasteiger partial charge on any atom is -0.494 e. The molecule has 0 aliphatic heterocycles. The van der Waals surface area contributed by atoms with Gasteiger partial charge in [0.25, 0.3) is 5.91 Å². The van der Waals surface area contributed by atoms with Crippen LogP contribution in [0.1, 0.15) is 16.8 Å². The fourth-order valence-electron chi connectivity index (χ4n) is 1.93. The zero-order chi connectivity index (χ0) is 16.5. The first-order chi connectivity index (χ1) is 11.2. The summed E-state index contributed by atoms with van der Waals surface area (Å²) in [5.74, 6) is 0.163. The van der Waals surface area contributed by atoms with E-state index in [0.29, 0.717) is 19.6 Å². The average Bonchev–Trinajstić information content (AvgIpc) is 2.55. The molecule has 1 amide bonds. The van der Waals surface area contributed by atoms with Gasteiger partial charge in [0.2, 0.25) is 0 Å². The van der Waals surface area contributed by atoms with Crippen molar-refractivity contribution in [2.45, 2.75) is 13.0 Å². The molecule has 4 nitrogen and oxygen atoms in total. The van der Waals surface area contributed by atoms with Gasteiger partial charge in [-0.25, -0.2) is 0 Å². The number of rotatable bonds is 8. The summed E-state index contributed by atoms with van der Waals surface area (Å²) in [6.45, 7) is -2.16. The fraction of sp³-hybridized carbons (Fsp3) is 0.235. The Morgan fingerprint density at radius 2 is 1.74 bits per heavy atom. The standard InChI is InChI=1S/C17H17F2NO3/c18-17(19)23-15-10-5-4-9-14(15)16(21)20-11-6-12-22-13-7-2-1-3-8-13/h1-5,7-10,17H,6,11-12H2,(H,20,21). The van der Waals surface area contributed by atoms with Gasteiger partial charge in [-0.1, -0.05) is 30.3 Å². The molecule has 0 unspecified atom stereocenters. The Kier molecular flexibility index (Phi) is 6.35. The fourth-order valence-corrected chi connectivity index (χ4v) is 1.93. The van der Waals surface area contributed by atoms with E-state index in [4.69, 9.17) is 4.74 Å². The second-order valence-corrected chi connectivity index (χ2v) is 4.65. The highest BCUT2D eigenvalue weighted by Crippen LogP contribution is 2.20. The predicted molar refractivity (Wildman–Crippen MR) is 82.0 cm³/mol. The van der Waals surface area contributed by atoms with Gasteiger partial charge in [-0.3, -0.25) is 4.79 Å². The Balaban J connectivity index is 1.77. The third-order valence-electron chi connectivity index (χ3n) is 2.97. The highest BCUT2D eigenvalue weighted by molar-refractivity contribution is 5.96. The lowest BCUT2D eigenvalue weighted by Gasteiger charge is -2.11. The zero-order valence-corrected chi connectivity index (χ0v) is 12.4. The van der Waals surface area contributed by atoms with Crippen molar-refractivity contribution in [1.82, 2.24) is 5.32 Å². The van der Waals surface area contributed by atoms with Crippen molar-refractivity contribution in [3.63, 3.8) is 0 Å². The van der Waals surface area contributed by atoms with Crippen LogP contribution in [0, 0.1) is 0 Å². The summed E-state index contributed by atoms with van der Waals surface area (Å²) in [6.07, 6.45) is 0.596. The Labute approximate surface area is 133 Å². The number of para-hydroxylation sites is 2. The molecular weight excluding hydrogens is 304 g/mol. The van der Waals surface area contributed by atoms with Crippen LogP contribution in [0.25, 0.3) is 0 Å². The molecule has 0 fully saturated rings. The molecule has 0 spiro atoms. The van der Waals surface area contributed by atoms with Crippen LogP contribution in [-0.2, 0) is 0 Å². The molecule has 122 valence electrons. The van der Waals surface area contributed by atoms with E-state index in [1.165, 1.54) is 18.2 Å². The SMILES string of the molecule is O=C(NCCCOc1ccccc1)c1ccccc1OC(F)F. The van der Waals surface area contributed by atoms with Crippen LogP contribution in [0.15, 0.2) is 54.6 Å². The molecule has 0 saturated heterocycles. The largest absolute Gasteiger partial charge is 0.494 e. The molecule has 0 heterocycles. The Bertz CT molecular complexity index is 620. The maximum absolute atomic E-state index is 12.3. The van der Waals surface area contributed by atoms with Crippen LogP contribution >= 0.6 is 0 Å². The van der Waals surface area contributed by atoms with Gasteiger partial charge in [-0.2, -0.15) is 8.78 Å². The lowest BCUT2D eigenvalue weighted by Crippen LogP contribution is -2.26. The van der Waals surface area contributed by atoms with Crippen LogP contribution in [-0.4, -0.2) is 25.7 Å². The quantitative estimate of drug-likeness (QED) is 0.757. The van der Waals surface area contributed by atoms with Gasteiger partial charge in [0.1, 0.15) is 11.5 Å². The van der Waals surface area contributed by atoms with Crippen molar-refractivity contribution in [1.29, 1.82) is 0 Å². The minimum atomic E-state index is -2.97. The third-order valence-corrected chi connectivity index (χ3v) is 2.97. The summed E-state index contributed by atoms with van der Waals surface area (Å²) in [7, 11) is 0. The van der Waals surface area contributed by atoms with Crippen molar-refractivity contribution < 1.29 is 23.0 Å². The molecule has 0 radical (unpaired) electrons. The molecule has 2 aromatic rings. The summed E-state index contributed by atoms with van der Waals surface area (Å²) in [6, 6.07) is 15.2. The number of carbonyl (C=O) groups is 1. The molecule has 0 aliphatic carbocycles. The monoisotopic (exact) mass is 321 g/mol. The molecule has 23 heavy (non-hydrogen) atoms. The summed E-state index contributed by atoms with van der Waals surface area (Å²) in [5, 5.41) is 2.66. The first-order valence-corrected chi connectivity index (χ1v) is 7.16. The van der Waals surface area contributed by atoms with E-state index >= 15 is 0 Å². The minimum absolute atomic E-state index is 0.0803. The average molecular weight is 321 g/mol. The third kappa shape index (κ3) is 5.58. The molecule has 0 aromatic heterocycles. The van der Waals surface area contributed by atoms with Gasteiger partial charge in [0.05, 0.1) is 12.2 Å². The molecule has 2 aromatic carbocycles. The van der Waals surface area contributed by atoms with E-state index in [2.05, 4.69) is 10.1 Å². The number of hydrogen-bond acceptors (Lipinski definition) is 3. The van der Waals surface area contributed by atoms with E-state index < -0.39 is 12.5 Å². The predicted octanol–water partition coefficient (Wildman–Crippen LogP) is 3.49. The number of carbonyl (C=O) groups excluding carboxylic acids is 1. The number of halogens is 2. The van der Waals surface area contributed by atoms with E-state index in [9.17, 15) is 13.6 Å². The number of alkyl halides is 2. The van der Waals surface area contributed by atoms with Crippen LogP contribution in [0.4, 0.5) is 8.78 Å². The summed E-state index contributed by atoms with van der Waals surface area (Å²) in [4.78, 5) is 12.0. The molecule has 0 saturated carbocycles. The Morgan fingerprint density at radius 3 is 2.48 bits per heavy atom. The summed E-state index contributed by atoms with van der Waals surface area (Å²) >= 11 is 0. The number of ether oxygens (including phenoxy) is 2. The van der Waals surface area contributed by atoms with E-state index in [1.54, 1.807) is 6.07 Å². The lowest BCUT2D eigenvalue weighted by molar-refractivity contribution is -0.0501. The topological polar surface area (TPSA) is 47.6 Å². The van der Waals surface area contributed by atoms with Gasteiger partial charge in [-0.15, -0.1) is 0 Å². The molecule has 2 rings (SSSR count). The van der Waals surface area contributed by atoms with Crippen LogP contribution in [0.5, 0.6) is 11.5 Å². The first-order valence-electron chi connectivity index (χ1n) is 7.16. The number of benzene rings is 2. The smallest absolute Gasteiger partial charge is 0.387 e. The molecule has 0 aliphatic rings. The van der Waals surface area contributed by atoms with Crippen LogP contribution in [0.2, 0.25) is 0 Å². The maximum Gasteiger partial charge on any atom is 0.387 e. The summed E-state index contributed by atoms with van der Waals surface area (Å²) < 4.78 is 34.4. The van der Waals surface area contributed by atoms with Gasteiger partial charge in [-0.05, 0) is 30.7 Å². The van der Waals surface area contributed by atoms with Crippen molar-refractivity contribution in [2.24, 2.45) is 0 Å². The molecular formula is C17H17F2NO3. The first kappa shape index (κ1) is 16.7. The second-order valence-electron chi connectivity index (χ2n) is 4.65. The molecule has 1 N–H and O–H groups in total. The van der Waals surface area contributed by atoms with E-state index in [-0.39, 0.29) is 11.3 Å². The lowest BCUT2D eigenvalue weighted by atomic mass is 10.2. The Morgan fingerprint density at radius 1 is 1.04 bits per heavy atom. The van der Waals surface area contributed by atoms with Gasteiger partial charge < -0.3 is 14.8 Å². The van der Waals surface area contributed by atoms with Gasteiger partial charge in [0, 0.05) is 6.54 Å². The van der Waals surface area contributed by atoms with Crippen LogP contribution < -0.4 is 14.8 Å². The second kappa shape index (κ2) is 8.73. The molecule has 0 bridgehead atoms. The van der Waals surface area contributed by atoms with Gasteiger partial charge in [0.15, 0.2) is 0 Å². The van der Waals surface area contributed by atoms with Gasteiger partial charge >= 0.3 is 6.61 Å². The van der Waals surface area contributed by atoms with Crippen molar-refractivity contribution in [2.75, 3.05) is 13.2 Å². The van der Waals surface area contributed by atoms with Crippen molar-refractivity contribution in [3.05, 3.63) is 60.2 Å². The normalized spacial score (nSPS) is 10.4. The number of nitrogens with one attached hydrogen (secondary N) is 1. The molecule has 0 atom stereocenters. The van der Waals surface area contributed by atoms with Crippen LogP contribution in [0.3, 0.4) is 0 Å². The maximum atomic E-state index is 12.3. The highest BCUT2D eigenvalue weighted by Gasteiger charge is 2.14. The highest BCUT2D eigenvalue weighted by atomic mass is 19.3. The number of amides is 1. The van der Waals surface area contributed by atoms with Crippen molar-refractivity contribution >= 4 is 5.91 Å². The zero-order valence-electron chi connectivity index (χ0n) is 12.4. The number of hydrogen-bond donors (Lipinski definition) is 1. The van der Waals surface area contributed by atoms with Crippen molar-refractivity contribution in [3.8, 4) is 11.5 Å². The van der Waals surface area contributed by atoms with E-state index in [1.807, 2.05) is 30.3 Å². The Hall–Kier alpha value is -2.63.